The molecule has 0 aromatic rings. The molecule has 2 aliphatic rings. The van der Waals surface area contributed by atoms with Gasteiger partial charge in [0.25, 0.3) is 0 Å². The third kappa shape index (κ3) is 1.66. The molecule has 0 spiro atoms. The van der Waals surface area contributed by atoms with Gasteiger partial charge in [-0.25, -0.2) is 0 Å². The van der Waals surface area contributed by atoms with Crippen LogP contribution in [0, 0.1) is 17.2 Å². The van der Waals surface area contributed by atoms with Gasteiger partial charge in [0.1, 0.15) is 0 Å². The van der Waals surface area contributed by atoms with Crippen LogP contribution in [0.3, 0.4) is 0 Å². The smallest absolute Gasteiger partial charge is 0.221 e. The summed E-state index contributed by atoms with van der Waals surface area (Å²) in [6.07, 6.45) is 3.95. The molecule has 1 aliphatic carbocycles. The molecule has 0 amide bonds. The molecule has 2 atom stereocenters. The highest BCUT2D eigenvalue weighted by Crippen LogP contribution is 2.37. The molecule has 14 heavy (non-hydrogen) atoms. The summed E-state index contributed by atoms with van der Waals surface area (Å²) >= 11 is 0. The zero-order valence-corrected chi connectivity index (χ0v) is 8.24. The molecule has 1 saturated carbocycles. The van der Waals surface area contributed by atoms with E-state index < -0.39 is 0 Å². The van der Waals surface area contributed by atoms with E-state index in [0.29, 0.717) is 0 Å². The second kappa shape index (κ2) is 3.48. The lowest BCUT2D eigenvalue weighted by atomic mass is 10.0. The van der Waals surface area contributed by atoms with E-state index >= 15 is 0 Å². The van der Waals surface area contributed by atoms with Gasteiger partial charge < -0.3 is 16.4 Å². The SMILES string of the molecule is N=C(N=C(N)N)N1CC2CCCC2C1. The fourth-order valence-electron chi connectivity index (χ4n) is 2.60. The predicted octanol–water partition coefficient (Wildman–Crippen LogP) is -0.0735. The lowest BCUT2D eigenvalue weighted by molar-refractivity contribution is 0.457. The normalized spacial score (nSPS) is 30.1. The van der Waals surface area contributed by atoms with Crippen molar-refractivity contribution in [3.8, 4) is 0 Å². The Morgan fingerprint density at radius 1 is 1.21 bits per heavy atom. The van der Waals surface area contributed by atoms with E-state index in [-0.39, 0.29) is 11.9 Å². The minimum atomic E-state index is -0.0212. The standard InChI is InChI=1S/C9H17N5/c10-8(11)13-9(12)14-4-6-2-1-3-7(6)5-14/h6-7H,1-5H2,(H5,10,11,12,13). The van der Waals surface area contributed by atoms with Crippen LogP contribution < -0.4 is 11.5 Å². The summed E-state index contributed by atoms with van der Waals surface area (Å²) in [5, 5.41) is 7.67. The van der Waals surface area contributed by atoms with Gasteiger partial charge in [0.2, 0.25) is 5.96 Å². The molecule has 5 nitrogen and oxygen atoms in total. The van der Waals surface area contributed by atoms with Crippen LogP contribution in [-0.2, 0) is 0 Å². The van der Waals surface area contributed by atoms with E-state index in [9.17, 15) is 0 Å². The highest BCUT2D eigenvalue weighted by Gasteiger charge is 2.36. The van der Waals surface area contributed by atoms with Crippen molar-refractivity contribution < 1.29 is 0 Å². The number of guanidine groups is 2. The molecule has 0 radical (unpaired) electrons. The Hall–Kier alpha value is -1.26. The van der Waals surface area contributed by atoms with Crippen molar-refractivity contribution >= 4 is 11.9 Å². The highest BCUT2D eigenvalue weighted by molar-refractivity contribution is 5.91. The summed E-state index contributed by atoms with van der Waals surface area (Å²) in [4.78, 5) is 5.75. The summed E-state index contributed by atoms with van der Waals surface area (Å²) in [7, 11) is 0. The van der Waals surface area contributed by atoms with E-state index in [1.165, 1.54) is 19.3 Å². The van der Waals surface area contributed by atoms with E-state index in [4.69, 9.17) is 16.9 Å². The number of hydrogen-bond acceptors (Lipinski definition) is 1. The maximum atomic E-state index is 7.67. The second-order valence-electron chi connectivity index (χ2n) is 4.22. The lowest BCUT2D eigenvalue weighted by Gasteiger charge is -2.16. The van der Waals surface area contributed by atoms with Crippen LogP contribution in [0.5, 0.6) is 0 Å². The molecule has 78 valence electrons. The average Bonchev–Trinajstić information content (AvgIpc) is 2.58. The summed E-state index contributed by atoms with van der Waals surface area (Å²) in [5.41, 5.74) is 10.5. The van der Waals surface area contributed by atoms with E-state index in [1.807, 2.05) is 4.90 Å². The third-order valence-corrected chi connectivity index (χ3v) is 3.26. The Balaban J connectivity index is 1.96. The Morgan fingerprint density at radius 2 is 1.79 bits per heavy atom. The molecule has 2 fully saturated rings. The summed E-state index contributed by atoms with van der Waals surface area (Å²) < 4.78 is 0. The topological polar surface area (TPSA) is 91.5 Å². The van der Waals surface area contributed by atoms with Gasteiger partial charge in [-0.3, -0.25) is 5.41 Å². The fourth-order valence-corrected chi connectivity index (χ4v) is 2.60. The van der Waals surface area contributed by atoms with Gasteiger partial charge in [0, 0.05) is 13.1 Å². The van der Waals surface area contributed by atoms with Gasteiger partial charge in [0.15, 0.2) is 5.96 Å². The Bertz CT molecular complexity index is 256. The molecule has 2 rings (SSSR count). The molecule has 0 aromatic carbocycles. The number of fused-ring (bicyclic) bond motifs is 1. The molecular weight excluding hydrogens is 178 g/mol. The number of aliphatic imine (C=N–C) groups is 1. The number of nitrogens with two attached hydrogens (primary N) is 2. The molecule has 0 aromatic heterocycles. The minimum absolute atomic E-state index is 0.0212. The fraction of sp³-hybridized carbons (Fsp3) is 0.778. The van der Waals surface area contributed by atoms with E-state index in [1.54, 1.807) is 0 Å². The summed E-state index contributed by atoms with van der Waals surface area (Å²) in [5.74, 6) is 1.74. The minimum Gasteiger partial charge on any atom is -0.370 e. The van der Waals surface area contributed by atoms with Gasteiger partial charge >= 0.3 is 0 Å². The first-order valence-corrected chi connectivity index (χ1v) is 5.10. The summed E-state index contributed by atoms with van der Waals surface area (Å²) in [6.45, 7) is 1.92. The van der Waals surface area contributed by atoms with Crippen molar-refractivity contribution in [2.75, 3.05) is 13.1 Å². The van der Waals surface area contributed by atoms with Crippen molar-refractivity contribution in [2.24, 2.45) is 28.3 Å². The largest absolute Gasteiger partial charge is 0.370 e. The van der Waals surface area contributed by atoms with Crippen LogP contribution in [0.1, 0.15) is 19.3 Å². The van der Waals surface area contributed by atoms with Crippen molar-refractivity contribution in [1.82, 2.24) is 4.90 Å². The molecule has 1 saturated heterocycles. The van der Waals surface area contributed by atoms with Gasteiger partial charge in [0.05, 0.1) is 0 Å². The van der Waals surface area contributed by atoms with Crippen molar-refractivity contribution in [2.45, 2.75) is 19.3 Å². The van der Waals surface area contributed by atoms with Crippen molar-refractivity contribution in [3.05, 3.63) is 0 Å². The maximum Gasteiger partial charge on any atom is 0.221 e. The van der Waals surface area contributed by atoms with Gasteiger partial charge in [-0.05, 0) is 24.7 Å². The lowest BCUT2D eigenvalue weighted by Crippen LogP contribution is -2.32. The highest BCUT2D eigenvalue weighted by atomic mass is 15.3. The molecule has 0 bridgehead atoms. The Morgan fingerprint density at radius 3 is 2.29 bits per heavy atom. The predicted molar refractivity (Wildman–Crippen MR) is 55.9 cm³/mol. The first kappa shape index (κ1) is 9.30. The van der Waals surface area contributed by atoms with E-state index in [2.05, 4.69) is 4.99 Å². The molecular formula is C9H17N5. The zero-order valence-electron chi connectivity index (χ0n) is 8.24. The van der Waals surface area contributed by atoms with Crippen LogP contribution in [0.2, 0.25) is 0 Å². The summed E-state index contributed by atoms with van der Waals surface area (Å²) in [6, 6.07) is 0. The number of nitrogens with one attached hydrogen (secondary N) is 1. The molecule has 1 aliphatic heterocycles. The third-order valence-electron chi connectivity index (χ3n) is 3.26. The van der Waals surface area contributed by atoms with Crippen LogP contribution in [0.25, 0.3) is 0 Å². The Kier molecular flexibility index (Phi) is 2.31. The van der Waals surface area contributed by atoms with Gasteiger partial charge in [-0.2, -0.15) is 4.99 Å². The quantitative estimate of drug-likeness (QED) is 0.373. The zero-order chi connectivity index (χ0) is 10.1. The van der Waals surface area contributed by atoms with Crippen LogP contribution >= 0.6 is 0 Å². The molecule has 5 heteroatoms. The van der Waals surface area contributed by atoms with Gasteiger partial charge in [-0.15, -0.1) is 0 Å². The van der Waals surface area contributed by atoms with Crippen LogP contribution in [0.4, 0.5) is 0 Å². The van der Waals surface area contributed by atoms with Crippen molar-refractivity contribution in [3.63, 3.8) is 0 Å². The average molecular weight is 195 g/mol. The molecule has 2 unspecified atom stereocenters. The number of nitrogens with zero attached hydrogens (tertiary/aromatic N) is 2. The van der Waals surface area contributed by atoms with E-state index in [0.717, 1.165) is 24.9 Å². The first-order chi connectivity index (χ1) is 6.66. The van der Waals surface area contributed by atoms with Gasteiger partial charge in [-0.1, -0.05) is 6.42 Å². The number of hydrogen-bond donors (Lipinski definition) is 3. The monoisotopic (exact) mass is 195 g/mol. The number of likely N-dealkylation sites (tertiary alicyclic amines) is 1. The second-order valence-corrected chi connectivity index (χ2v) is 4.22. The number of rotatable bonds is 0. The first-order valence-electron chi connectivity index (χ1n) is 5.10. The maximum absolute atomic E-state index is 7.67. The molecule has 5 N–H and O–H groups in total. The van der Waals surface area contributed by atoms with Crippen LogP contribution in [-0.4, -0.2) is 29.9 Å². The van der Waals surface area contributed by atoms with Crippen LogP contribution in [0.15, 0.2) is 4.99 Å². The Labute approximate surface area is 83.7 Å². The van der Waals surface area contributed by atoms with Crippen molar-refractivity contribution in [1.29, 1.82) is 5.41 Å². The molecule has 1 heterocycles.